The van der Waals surface area contributed by atoms with Crippen molar-refractivity contribution in [3.63, 3.8) is 0 Å². The van der Waals surface area contributed by atoms with Crippen molar-refractivity contribution in [2.24, 2.45) is 11.8 Å². The Balaban J connectivity index is 2.74. The SMILES string of the molecule is COC(=O)C1CN(S(=O)(=O)N(C)CCC(=O)O)CC1C. The maximum Gasteiger partial charge on any atom is 0.310 e. The predicted octanol–water partition coefficient (Wildman–Crippen LogP) is -0.621. The third kappa shape index (κ3) is 3.68. The Labute approximate surface area is 118 Å². The van der Waals surface area contributed by atoms with E-state index in [1.165, 1.54) is 18.5 Å². The minimum atomic E-state index is -3.75. The van der Waals surface area contributed by atoms with Crippen LogP contribution in [0, 0.1) is 11.8 Å². The third-order valence-electron chi connectivity index (χ3n) is 3.44. The number of carboxylic acid groups (broad SMARTS) is 1. The standard InChI is InChI=1S/C11H20N2O6S/c1-8-6-13(7-9(8)11(16)19-3)20(17,18)12(2)5-4-10(14)15/h8-9H,4-7H2,1-3H3,(H,14,15). The average Bonchev–Trinajstić information content (AvgIpc) is 2.77. The zero-order valence-corrected chi connectivity index (χ0v) is 12.6. The molecule has 1 saturated heterocycles. The summed E-state index contributed by atoms with van der Waals surface area (Å²) in [4.78, 5) is 22.0. The largest absolute Gasteiger partial charge is 0.481 e. The van der Waals surface area contributed by atoms with E-state index < -0.39 is 28.1 Å². The lowest BCUT2D eigenvalue weighted by Crippen LogP contribution is -2.41. The van der Waals surface area contributed by atoms with Crippen molar-refractivity contribution >= 4 is 22.1 Å². The zero-order valence-electron chi connectivity index (χ0n) is 11.8. The van der Waals surface area contributed by atoms with Crippen LogP contribution in [0.5, 0.6) is 0 Å². The molecule has 0 amide bonds. The Hall–Kier alpha value is -1.19. The van der Waals surface area contributed by atoms with Gasteiger partial charge in [-0.15, -0.1) is 0 Å². The van der Waals surface area contributed by atoms with Gasteiger partial charge in [0.15, 0.2) is 0 Å². The molecule has 0 aromatic heterocycles. The molecular weight excluding hydrogens is 288 g/mol. The minimum Gasteiger partial charge on any atom is -0.481 e. The van der Waals surface area contributed by atoms with E-state index >= 15 is 0 Å². The first kappa shape index (κ1) is 16.9. The van der Waals surface area contributed by atoms with E-state index in [0.717, 1.165) is 4.31 Å². The van der Waals surface area contributed by atoms with Crippen molar-refractivity contribution in [2.45, 2.75) is 13.3 Å². The van der Waals surface area contributed by atoms with Crippen LogP contribution >= 0.6 is 0 Å². The summed E-state index contributed by atoms with van der Waals surface area (Å²) in [6, 6.07) is 0. The summed E-state index contributed by atoms with van der Waals surface area (Å²) < 4.78 is 31.4. The number of carbonyl (C=O) groups excluding carboxylic acids is 1. The van der Waals surface area contributed by atoms with Gasteiger partial charge in [-0.3, -0.25) is 9.59 Å². The van der Waals surface area contributed by atoms with Gasteiger partial charge in [0.25, 0.3) is 10.2 Å². The molecule has 1 aliphatic rings. The van der Waals surface area contributed by atoms with Crippen LogP contribution in [0.25, 0.3) is 0 Å². The molecule has 8 nitrogen and oxygen atoms in total. The van der Waals surface area contributed by atoms with E-state index in [4.69, 9.17) is 5.11 Å². The van der Waals surface area contributed by atoms with Crippen molar-refractivity contribution in [3.8, 4) is 0 Å². The molecule has 1 N–H and O–H groups in total. The molecule has 0 aromatic rings. The van der Waals surface area contributed by atoms with E-state index in [0.29, 0.717) is 0 Å². The smallest absolute Gasteiger partial charge is 0.310 e. The highest BCUT2D eigenvalue weighted by Gasteiger charge is 2.42. The molecule has 0 aromatic carbocycles. The monoisotopic (exact) mass is 308 g/mol. The number of aliphatic carboxylic acids is 1. The highest BCUT2D eigenvalue weighted by atomic mass is 32.2. The number of carbonyl (C=O) groups is 2. The van der Waals surface area contributed by atoms with Crippen LogP contribution in [-0.4, -0.2) is 67.9 Å². The second-order valence-electron chi connectivity index (χ2n) is 4.90. The van der Waals surface area contributed by atoms with Crippen molar-refractivity contribution in [1.82, 2.24) is 8.61 Å². The van der Waals surface area contributed by atoms with Crippen LogP contribution in [0.4, 0.5) is 0 Å². The van der Waals surface area contributed by atoms with Gasteiger partial charge in [0.2, 0.25) is 0 Å². The van der Waals surface area contributed by atoms with Gasteiger partial charge in [0.1, 0.15) is 0 Å². The lowest BCUT2D eigenvalue weighted by Gasteiger charge is -2.23. The summed E-state index contributed by atoms with van der Waals surface area (Å²) in [6.45, 7) is 1.97. The Morgan fingerprint density at radius 2 is 2.00 bits per heavy atom. The number of nitrogens with zero attached hydrogens (tertiary/aromatic N) is 2. The van der Waals surface area contributed by atoms with Crippen LogP contribution in [-0.2, 0) is 24.5 Å². The molecule has 0 spiro atoms. The number of hydrogen-bond acceptors (Lipinski definition) is 5. The highest BCUT2D eigenvalue weighted by Crippen LogP contribution is 2.27. The quantitative estimate of drug-likeness (QED) is 0.656. The van der Waals surface area contributed by atoms with Gasteiger partial charge in [0.05, 0.1) is 19.4 Å². The maximum absolute atomic E-state index is 12.3. The molecule has 2 atom stereocenters. The molecule has 2 unspecified atom stereocenters. The van der Waals surface area contributed by atoms with Gasteiger partial charge in [0, 0.05) is 26.7 Å². The second kappa shape index (κ2) is 6.51. The summed E-state index contributed by atoms with van der Waals surface area (Å²) in [7, 11) is -1.15. The summed E-state index contributed by atoms with van der Waals surface area (Å²) in [5.74, 6) is -2.11. The topological polar surface area (TPSA) is 104 Å². The molecule has 0 radical (unpaired) electrons. The molecule has 1 aliphatic heterocycles. The van der Waals surface area contributed by atoms with Crippen molar-refractivity contribution < 1.29 is 27.9 Å². The first-order valence-corrected chi connectivity index (χ1v) is 7.60. The van der Waals surface area contributed by atoms with E-state index in [2.05, 4.69) is 4.74 Å². The van der Waals surface area contributed by atoms with Gasteiger partial charge < -0.3 is 9.84 Å². The fraction of sp³-hybridized carbons (Fsp3) is 0.818. The van der Waals surface area contributed by atoms with Crippen LogP contribution in [0.1, 0.15) is 13.3 Å². The number of esters is 1. The van der Waals surface area contributed by atoms with Gasteiger partial charge in [-0.2, -0.15) is 17.0 Å². The fourth-order valence-corrected chi connectivity index (χ4v) is 3.62. The maximum atomic E-state index is 12.3. The van der Waals surface area contributed by atoms with Crippen LogP contribution in [0.2, 0.25) is 0 Å². The molecule has 0 bridgehead atoms. The zero-order chi connectivity index (χ0) is 15.5. The molecule has 1 rings (SSSR count). The lowest BCUT2D eigenvalue weighted by molar-refractivity contribution is -0.146. The van der Waals surface area contributed by atoms with Crippen molar-refractivity contribution in [1.29, 1.82) is 0 Å². The molecule has 0 saturated carbocycles. The molecule has 0 aliphatic carbocycles. The molecule has 1 fully saturated rings. The lowest BCUT2D eigenvalue weighted by atomic mass is 9.99. The minimum absolute atomic E-state index is 0.0631. The Bertz CT molecular complexity index is 477. The fourth-order valence-electron chi connectivity index (χ4n) is 2.13. The van der Waals surface area contributed by atoms with E-state index in [1.54, 1.807) is 6.92 Å². The summed E-state index contributed by atoms with van der Waals surface area (Å²) >= 11 is 0. The van der Waals surface area contributed by atoms with Gasteiger partial charge in [-0.25, -0.2) is 0 Å². The molecular formula is C11H20N2O6S. The number of carboxylic acids is 1. The number of ether oxygens (including phenoxy) is 1. The van der Waals surface area contributed by atoms with Crippen LogP contribution < -0.4 is 0 Å². The van der Waals surface area contributed by atoms with Crippen LogP contribution in [0.15, 0.2) is 0 Å². The highest BCUT2D eigenvalue weighted by molar-refractivity contribution is 7.86. The van der Waals surface area contributed by atoms with E-state index in [1.807, 2.05) is 0 Å². The van der Waals surface area contributed by atoms with Gasteiger partial charge in [-0.1, -0.05) is 6.92 Å². The molecule has 20 heavy (non-hydrogen) atoms. The molecule has 9 heteroatoms. The predicted molar refractivity (Wildman–Crippen MR) is 70.0 cm³/mol. The first-order valence-electron chi connectivity index (χ1n) is 6.21. The first-order chi connectivity index (χ1) is 9.20. The summed E-state index contributed by atoms with van der Waals surface area (Å²) in [5.41, 5.74) is 0. The summed E-state index contributed by atoms with van der Waals surface area (Å²) in [5, 5.41) is 8.59. The number of methoxy groups -OCH3 is 1. The Morgan fingerprint density at radius 1 is 1.40 bits per heavy atom. The van der Waals surface area contributed by atoms with E-state index in [9.17, 15) is 18.0 Å². The third-order valence-corrected chi connectivity index (χ3v) is 5.36. The van der Waals surface area contributed by atoms with Crippen molar-refractivity contribution in [2.75, 3.05) is 33.8 Å². The normalized spacial score (nSPS) is 24.0. The van der Waals surface area contributed by atoms with Gasteiger partial charge >= 0.3 is 11.9 Å². The van der Waals surface area contributed by atoms with Gasteiger partial charge in [-0.05, 0) is 5.92 Å². The van der Waals surface area contributed by atoms with Crippen molar-refractivity contribution in [3.05, 3.63) is 0 Å². The average molecular weight is 308 g/mol. The summed E-state index contributed by atoms with van der Waals surface area (Å²) in [6.07, 6.45) is -0.264. The number of rotatable bonds is 6. The Morgan fingerprint density at radius 3 is 2.50 bits per heavy atom. The second-order valence-corrected chi connectivity index (χ2v) is 6.93. The van der Waals surface area contributed by atoms with E-state index in [-0.39, 0.29) is 32.0 Å². The Kier molecular flexibility index (Phi) is 5.49. The molecule has 116 valence electrons. The molecule has 1 heterocycles. The van der Waals surface area contributed by atoms with Crippen LogP contribution in [0.3, 0.4) is 0 Å². The number of hydrogen-bond donors (Lipinski definition) is 1.